The van der Waals surface area contributed by atoms with Crippen molar-refractivity contribution in [3.8, 4) is 0 Å². The molecule has 1 aromatic carbocycles. The summed E-state index contributed by atoms with van der Waals surface area (Å²) in [4.78, 5) is 0. The predicted molar refractivity (Wildman–Crippen MR) is 69.7 cm³/mol. The summed E-state index contributed by atoms with van der Waals surface area (Å²) in [6, 6.07) is 10.7. The van der Waals surface area contributed by atoms with Crippen LogP contribution in [0.2, 0.25) is 0 Å². The lowest BCUT2D eigenvalue weighted by Gasteiger charge is -2.40. The second-order valence-electron chi connectivity index (χ2n) is 5.18. The summed E-state index contributed by atoms with van der Waals surface area (Å²) in [5.41, 5.74) is 1.43. The van der Waals surface area contributed by atoms with Crippen LogP contribution in [0.4, 0.5) is 0 Å². The first-order valence-corrected chi connectivity index (χ1v) is 6.84. The molecule has 0 saturated carbocycles. The van der Waals surface area contributed by atoms with Gasteiger partial charge in [-0.3, -0.25) is 0 Å². The van der Waals surface area contributed by atoms with E-state index in [0.717, 1.165) is 12.3 Å². The summed E-state index contributed by atoms with van der Waals surface area (Å²) in [6.45, 7) is 0. The van der Waals surface area contributed by atoms with Gasteiger partial charge < -0.3 is 4.74 Å². The van der Waals surface area contributed by atoms with Crippen LogP contribution in [-0.4, -0.2) is 6.10 Å². The quantitative estimate of drug-likeness (QED) is 0.757. The SMILES string of the molecule is C1=C2O[C@H](CCc3ccccc3)[C@@H]2CCCC1. The molecule has 0 spiro atoms. The van der Waals surface area contributed by atoms with Crippen molar-refractivity contribution in [3.05, 3.63) is 47.7 Å². The Morgan fingerprint density at radius 3 is 2.88 bits per heavy atom. The van der Waals surface area contributed by atoms with Gasteiger partial charge in [0.05, 0.1) is 11.7 Å². The van der Waals surface area contributed by atoms with Gasteiger partial charge in [0.25, 0.3) is 0 Å². The zero-order chi connectivity index (χ0) is 11.5. The van der Waals surface area contributed by atoms with Gasteiger partial charge in [0.15, 0.2) is 0 Å². The zero-order valence-corrected chi connectivity index (χ0v) is 10.3. The fourth-order valence-electron chi connectivity index (χ4n) is 2.95. The molecule has 1 fully saturated rings. The fraction of sp³-hybridized carbons (Fsp3) is 0.500. The van der Waals surface area contributed by atoms with E-state index in [2.05, 4.69) is 36.4 Å². The van der Waals surface area contributed by atoms with E-state index in [1.807, 2.05) is 0 Å². The molecule has 1 aliphatic heterocycles. The third kappa shape index (κ3) is 2.38. The topological polar surface area (TPSA) is 9.23 Å². The fourth-order valence-corrected chi connectivity index (χ4v) is 2.95. The van der Waals surface area contributed by atoms with Crippen LogP contribution in [0.5, 0.6) is 0 Å². The molecule has 0 radical (unpaired) electrons. The Kier molecular flexibility index (Phi) is 3.17. The second-order valence-corrected chi connectivity index (χ2v) is 5.18. The largest absolute Gasteiger partial charge is 0.494 e. The minimum atomic E-state index is 0.486. The van der Waals surface area contributed by atoms with E-state index in [-0.39, 0.29) is 0 Å². The van der Waals surface area contributed by atoms with Crippen LogP contribution in [0, 0.1) is 5.92 Å². The number of aryl methyl sites for hydroxylation is 1. The van der Waals surface area contributed by atoms with Crippen LogP contribution in [0.15, 0.2) is 42.2 Å². The van der Waals surface area contributed by atoms with E-state index in [1.54, 1.807) is 0 Å². The van der Waals surface area contributed by atoms with Gasteiger partial charge in [-0.05, 0) is 43.7 Å². The lowest BCUT2D eigenvalue weighted by Crippen LogP contribution is -2.37. The second kappa shape index (κ2) is 4.95. The molecule has 0 bridgehead atoms. The molecule has 2 aliphatic rings. The first kappa shape index (κ1) is 10.9. The predicted octanol–water partition coefficient (Wildman–Crippen LogP) is 4.09. The minimum absolute atomic E-state index is 0.486. The standard InChI is InChI=1S/C16H20O/c1-3-7-13(8-4-1)11-12-16-14-9-5-2-6-10-15(14)17-16/h1,3-4,7-8,10,14,16H,2,5-6,9,11-12H2/t14-,16-/m1/s1. The van der Waals surface area contributed by atoms with E-state index in [4.69, 9.17) is 4.74 Å². The highest BCUT2D eigenvalue weighted by Crippen LogP contribution is 2.40. The highest BCUT2D eigenvalue weighted by molar-refractivity contribution is 5.16. The molecule has 3 rings (SSSR count). The maximum Gasteiger partial charge on any atom is 0.108 e. The Hall–Kier alpha value is -1.24. The van der Waals surface area contributed by atoms with E-state index >= 15 is 0 Å². The number of rotatable bonds is 3. The van der Waals surface area contributed by atoms with Crippen molar-refractivity contribution in [1.29, 1.82) is 0 Å². The average molecular weight is 228 g/mol. The molecule has 1 heterocycles. The van der Waals surface area contributed by atoms with E-state index in [9.17, 15) is 0 Å². The number of benzene rings is 1. The number of fused-ring (bicyclic) bond motifs is 1. The van der Waals surface area contributed by atoms with Crippen molar-refractivity contribution in [1.82, 2.24) is 0 Å². The molecule has 1 nitrogen and oxygen atoms in total. The van der Waals surface area contributed by atoms with E-state index < -0.39 is 0 Å². The lowest BCUT2D eigenvalue weighted by molar-refractivity contribution is -0.0506. The Morgan fingerprint density at radius 2 is 2.00 bits per heavy atom. The Morgan fingerprint density at radius 1 is 1.12 bits per heavy atom. The molecule has 2 atom stereocenters. The zero-order valence-electron chi connectivity index (χ0n) is 10.3. The first-order valence-electron chi connectivity index (χ1n) is 6.84. The third-order valence-corrected chi connectivity index (χ3v) is 3.98. The van der Waals surface area contributed by atoms with Gasteiger partial charge in [0, 0.05) is 0 Å². The summed E-state index contributed by atoms with van der Waals surface area (Å²) in [7, 11) is 0. The maximum absolute atomic E-state index is 5.91. The van der Waals surface area contributed by atoms with Crippen LogP contribution >= 0.6 is 0 Å². The van der Waals surface area contributed by atoms with Crippen molar-refractivity contribution in [2.24, 2.45) is 5.92 Å². The minimum Gasteiger partial charge on any atom is -0.494 e. The number of allylic oxidation sites excluding steroid dienone is 1. The molecule has 0 aromatic heterocycles. The molecular weight excluding hydrogens is 208 g/mol. The maximum atomic E-state index is 5.91. The van der Waals surface area contributed by atoms with Crippen LogP contribution < -0.4 is 0 Å². The molecule has 1 heteroatoms. The number of ether oxygens (including phenoxy) is 1. The normalized spacial score (nSPS) is 27.2. The molecule has 1 aromatic rings. The van der Waals surface area contributed by atoms with Crippen molar-refractivity contribution in [3.63, 3.8) is 0 Å². The molecule has 17 heavy (non-hydrogen) atoms. The molecule has 0 unspecified atom stereocenters. The van der Waals surface area contributed by atoms with Crippen molar-refractivity contribution >= 4 is 0 Å². The van der Waals surface area contributed by atoms with Gasteiger partial charge in [-0.2, -0.15) is 0 Å². The first-order chi connectivity index (χ1) is 8.43. The smallest absolute Gasteiger partial charge is 0.108 e. The Balaban J connectivity index is 1.54. The average Bonchev–Trinajstić information content (AvgIpc) is 2.53. The van der Waals surface area contributed by atoms with Crippen LogP contribution in [0.25, 0.3) is 0 Å². The van der Waals surface area contributed by atoms with Crippen LogP contribution in [0.3, 0.4) is 0 Å². The van der Waals surface area contributed by atoms with Crippen molar-refractivity contribution in [2.45, 2.75) is 44.6 Å². The summed E-state index contributed by atoms with van der Waals surface area (Å²) >= 11 is 0. The van der Waals surface area contributed by atoms with Gasteiger partial charge in [-0.25, -0.2) is 0 Å². The lowest BCUT2D eigenvalue weighted by atomic mass is 9.86. The van der Waals surface area contributed by atoms with E-state index in [1.165, 1.54) is 43.4 Å². The van der Waals surface area contributed by atoms with Gasteiger partial charge >= 0.3 is 0 Å². The van der Waals surface area contributed by atoms with Gasteiger partial charge in [-0.1, -0.05) is 36.8 Å². The summed E-state index contributed by atoms with van der Waals surface area (Å²) < 4.78 is 5.91. The van der Waals surface area contributed by atoms with Crippen LogP contribution in [-0.2, 0) is 11.2 Å². The van der Waals surface area contributed by atoms with Gasteiger partial charge in [0.1, 0.15) is 6.10 Å². The molecule has 1 aliphatic carbocycles. The molecule has 1 saturated heterocycles. The number of hydrogen-bond donors (Lipinski definition) is 0. The van der Waals surface area contributed by atoms with Gasteiger partial charge in [-0.15, -0.1) is 0 Å². The molecule has 0 amide bonds. The molecule has 90 valence electrons. The highest BCUT2D eigenvalue weighted by atomic mass is 16.5. The summed E-state index contributed by atoms with van der Waals surface area (Å²) in [5.74, 6) is 2.03. The van der Waals surface area contributed by atoms with Gasteiger partial charge in [0.2, 0.25) is 0 Å². The molecular formula is C16H20O. The highest BCUT2D eigenvalue weighted by Gasteiger charge is 2.37. The summed E-state index contributed by atoms with van der Waals surface area (Å²) in [5, 5.41) is 0. The van der Waals surface area contributed by atoms with Crippen molar-refractivity contribution in [2.75, 3.05) is 0 Å². The number of hydrogen-bond acceptors (Lipinski definition) is 1. The monoisotopic (exact) mass is 228 g/mol. The Labute approximate surface area is 103 Å². The Bertz CT molecular complexity index is 393. The van der Waals surface area contributed by atoms with Crippen LogP contribution in [0.1, 0.15) is 37.7 Å². The summed E-state index contributed by atoms with van der Waals surface area (Å²) in [6.07, 6.45) is 10.4. The molecule has 0 N–H and O–H groups in total. The van der Waals surface area contributed by atoms with E-state index in [0.29, 0.717) is 6.10 Å². The third-order valence-electron chi connectivity index (χ3n) is 3.98. The van der Waals surface area contributed by atoms with Crippen molar-refractivity contribution < 1.29 is 4.74 Å².